The second kappa shape index (κ2) is 8.17. The monoisotopic (exact) mass is 406 g/mol. The fourth-order valence-electron chi connectivity index (χ4n) is 3.38. The van der Waals surface area contributed by atoms with E-state index in [9.17, 15) is 9.59 Å². The third-order valence-corrected chi connectivity index (χ3v) is 5.72. The smallest absolute Gasteiger partial charge is 0.293 e. The maximum atomic E-state index is 12.8. The van der Waals surface area contributed by atoms with Crippen LogP contribution in [0.4, 0.5) is 4.79 Å². The molecule has 1 saturated heterocycles. The van der Waals surface area contributed by atoms with Crippen LogP contribution in [-0.4, -0.2) is 33.8 Å². The van der Waals surface area contributed by atoms with Crippen LogP contribution in [0.15, 0.2) is 65.7 Å². The van der Waals surface area contributed by atoms with Crippen LogP contribution >= 0.6 is 11.8 Å². The zero-order chi connectivity index (χ0) is 20.4. The van der Waals surface area contributed by atoms with Gasteiger partial charge in [0.15, 0.2) is 0 Å². The number of hydrogen-bond acceptors (Lipinski definition) is 4. The van der Waals surface area contributed by atoms with E-state index in [0.717, 1.165) is 34.0 Å². The van der Waals surface area contributed by atoms with Gasteiger partial charge in [-0.05, 0) is 49.9 Å². The summed E-state index contributed by atoms with van der Waals surface area (Å²) in [5, 5.41) is 0.811. The molecular formula is C23H22N2O3S. The van der Waals surface area contributed by atoms with Gasteiger partial charge in [-0.3, -0.25) is 14.5 Å². The zero-order valence-corrected chi connectivity index (χ0v) is 17.2. The van der Waals surface area contributed by atoms with E-state index >= 15 is 0 Å². The highest BCUT2D eigenvalue weighted by Crippen LogP contribution is 2.34. The third kappa shape index (κ3) is 3.93. The first-order valence-electron chi connectivity index (χ1n) is 9.57. The highest BCUT2D eigenvalue weighted by molar-refractivity contribution is 8.18. The lowest BCUT2D eigenvalue weighted by Crippen LogP contribution is -2.32. The number of aromatic nitrogens is 1. The molecule has 3 aromatic rings. The Hall–Kier alpha value is -2.99. The minimum absolute atomic E-state index is 0.227. The van der Waals surface area contributed by atoms with Crippen molar-refractivity contribution in [2.75, 3.05) is 13.2 Å². The Morgan fingerprint density at radius 1 is 1.03 bits per heavy atom. The average Bonchev–Trinajstić information content (AvgIpc) is 3.22. The number of ether oxygens (including phenoxy) is 1. The Labute approximate surface area is 173 Å². The van der Waals surface area contributed by atoms with E-state index in [0.29, 0.717) is 10.9 Å². The van der Waals surface area contributed by atoms with E-state index in [-0.39, 0.29) is 24.3 Å². The van der Waals surface area contributed by atoms with Crippen molar-refractivity contribution in [1.82, 2.24) is 9.47 Å². The summed E-state index contributed by atoms with van der Waals surface area (Å²) in [6.45, 7) is 4.74. The number of para-hydroxylation sites is 2. The Morgan fingerprint density at radius 2 is 1.76 bits per heavy atom. The van der Waals surface area contributed by atoms with Gasteiger partial charge >= 0.3 is 0 Å². The standard InChI is InChI=1S/C23H22N2O3S/c1-16(2)25-15-17(19-10-6-7-11-20(19)25)14-21-22(26)24(23(27)29-21)12-13-28-18-8-4-3-5-9-18/h3-11,14-16H,12-13H2,1-2H3/b21-14-. The van der Waals surface area contributed by atoms with Gasteiger partial charge in [0.25, 0.3) is 11.1 Å². The van der Waals surface area contributed by atoms with E-state index in [2.05, 4.69) is 24.5 Å². The van der Waals surface area contributed by atoms with Crippen LogP contribution in [0.3, 0.4) is 0 Å². The minimum atomic E-state index is -0.266. The van der Waals surface area contributed by atoms with Gasteiger partial charge in [0.1, 0.15) is 12.4 Å². The molecule has 0 unspecified atom stereocenters. The van der Waals surface area contributed by atoms with Crippen LogP contribution in [-0.2, 0) is 4.79 Å². The van der Waals surface area contributed by atoms with Crippen molar-refractivity contribution < 1.29 is 14.3 Å². The summed E-state index contributed by atoms with van der Waals surface area (Å²) in [6, 6.07) is 17.8. The van der Waals surface area contributed by atoms with Gasteiger partial charge < -0.3 is 9.30 Å². The quantitative estimate of drug-likeness (QED) is 0.519. The summed E-state index contributed by atoms with van der Waals surface area (Å²) in [5.74, 6) is 0.453. The van der Waals surface area contributed by atoms with E-state index in [4.69, 9.17) is 4.74 Å². The predicted molar refractivity (Wildman–Crippen MR) is 117 cm³/mol. The maximum absolute atomic E-state index is 12.8. The minimum Gasteiger partial charge on any atom is -0.492 e. The van der Waals surface area contributed by atoms with Gasteiger partial charge in [0, 0.05) is 28.7 Å². The zero-order valence-electron chi connectivity index (χ0n) is 16.4. The van der Waals surface area contributed by atoms with Gasteiger partial charge in [-0.15, -0.1) is 0 Å². The number of imide groups is 1. The van der Waals surface area contributed by atoms with E-state index in [1.54, 1.807) is 0 Å². The largest absolute Gasteiger partial charge is 0.492 e. The second-order valence-electron chi connectivity index (χ2n) is 7.10. The molecule has 1 fully saturated rings. The van der Waals surface area contributed by atoms with Crippen LogP contribution in [0.2, 0.25) is 0 Å². The molecule has 5 nitrogen and oxygen atoms in total. The fourth-order valence-corrected chi connectivity index (χ4v) is 4.24. The number of thioether (sulfide) groups is 1. The maximum Gasteiger partial charge on any atom is 0.293 e. The van der Waals surface area contributed by atoms with Crippen LogP contribution in [0.25, 0.3) is 17.0 Å². The van der Waals surface area contributed by atoms with Crippen LogP contribution < -0.4 is 4.74 Å². The van der Waals surface area contributed by atoms with Crippen molar-refractivity contribution in [3.05, 3.63) is 71.3 Å². The number of benzene rings is 2. The summed E-state index contributed by atoms with van der Waals surface area (Å²) in [5.41, 5.74) is 2.06. The van der Waals surface area contributed by atoms with Crippen molar-refractivity contribution in [1.29, 1.82) is 0 Å². The van der Waals surface area contributed by atoms with Gasteiger partial charge in [0.2, 0.25) is 0 Å². The topological polar surface area (TPSA) is 51.5 Å². The Bertz CT molecular complexity index is 1090. The number of rotatable bonds is 6. The molecule has 0 bridgehead atoms. The molecule has 0 atom stereocenters. The van der Waals surface area contributed by atoms with Crippen LogP contribution in [0, 0.1) is 0 Å². The normalized spacial score (nSPS) is 15.8. The Morgan fingerprint density at radius 3 is 2.52 bits per heavy atom. The molecule has 4 rings (SSSR count). The second-order valence-corrected chi connectivity index (χ2v) is 8.09. The molecule has 0 spiro atoms. The predicted octanol–water partition coefficient (Wildman–Crippen LogP) is 5.34. The van der Waals surface area contributed by atoms with Gasteiger partial charge in [-0.2, -0.15) is 0 Å². The van der Waals surface area contributed by atoms with Crippen LogP contribution in [0.1, 0.15) is 25.5 Å². The summed E-state index contributed by atoms with van der Waals surface area (Å²) in [7, 11) is 0. The lowest BCUT2D eigenvalue weighted by Gasteiger charge is -2.13. The number of hydrogen-bond donors (Lipinski definition) is 0. The molecule has 6 heteroatoms. The third-order valence-electron chi connectivity index (χ3n) is 4.81. The van der Waals surface area contributed by atoms with E-state index in [1.807, 2.05) is 60.8 Å². The highest BCUT2D eigenvalue weighted by atomic mass is 32.2. The molecule has 2 aromatic carbocycles. The lowest BCUT2D eigenvalue weighted by atomic mass is 10.1. The fraction of sp³-hybridized carbons (Fsp3) is 0.217. The molecule has 1 aliphatic heterocycles. The van der Waals surface area contributed by atoms with Crippen molar-refractivity contribution in [2.24, 2.45) is 0 Å². The number of nitrogens with zero attached hydrogens (tertiary/aromatic N) is 2. The highest BCUT2D eigenvalue weighted by Gasteiger charge is 2.35. The first kappa shape index (κ1) is 19.3. The first-order valence-corrected chi connectivity index (χ1v) is 10.4. The number of amides is 2. The molecule has 1 aliphatic rings. The Balaban J connectivity index is 1.53. The first-order chi connectivity index (χ1) is 14.0. The average molecular weight is 407 g/mol. The summed E-state index contributed by atoms with van der Waals surface area (Å²) in [6.07, 6.45) is 3.87. The summed E-state index contributed by atoms with van der Waals surface area (Å²) < 4.78 is 7.81. The van der Waals surface area contributed by atoms with E-state index < -0.39 is 0 Å². The molecule has 2 amide bonds. The van der Waals surface area contributed by atoms with Crippen molar-refractivity contribution in [2.45, 2.75) is 19.9 Å². The molecule has 0 N–H and O–H groups in total. The van der Waals surface area contributed by atoms with Gasteiger partial charge in [-0.1, -0.05) is 36.4 Å². The number of fused-ring (bicyclic) bond motifs is 1. The molecule has 29 heavy (non-hydrogen) atoms. The number of carbonyl (C=O) groups is 2. The van der Waals surface area contributed by atoms with Gasteiger partial charge in [-0.25, -0.2) is 0 Å². The SMILES string of the molecule is CC(C)n1cc(/C=C2\SC(=O)N(CCOc3ccccc3)C2=O)c2ccccc21. The van der Waals surface area contributed by atoms with Crippen molar-refractivity contribution in [3.63, 3.8) is 0 Å². The lowest BCUT2D eigenvalue weighted by molar-refractivity contribution is -0.123. The van der Waals surface area contributed by atoms with E-state index in [1.165, 1.54) is 4.90 Å². The molecule has 1 aromatic heterocycles. The molecule has 148 valence electrons. The molecule has 0 aliphatic carbocycles. The summed E-state index contributed by atoms with van der Waals surface area (Å²) in [4.78, 5) is 26.9. The number of carbonyl (C=O) groups excluding carboxylic acids is 2. The van der Waals surface area contributed by atoms with Gasteiger partial charge in [0.05, 0.1) is 11.4 Å². The molecular weight excluding hydrogens is 384 g/mol. The molecule has 2 heterocycles. The Kier molecular flexibility index (Phi) is 5.45. The summed E-state index contributed by atoms with van der Waals surface area (Å²) >= 11 is 0.983. The van der Waals surface area contributed by atoms with Crippen molar-refractivity contribution >= 4 is 39.9 Å². The molecule has 0 radical (unpaired) electrons. The van der Waals surface area contributed by atoms with Crippen LogP contribution in [0.5, 0.6) is 5.75 Å². The molecule has 0 saturated carbocycles. The van der Waals surface area contributed by atoms with Crippen molar-refractivity contribution in [3.8, 4) is 5.75 Å².